The number of hydrogen-bond donors (Lipinski definition) is 0. The summed E-state index contributed by atoms with van der Waals surface area (Å²) in [6.07, 6.45) is 7.93. The lowest BCUT2D eigenvalue weighted by Crippen LogP contribution is -2.03. The SMILES string of the molecule is CC1CC2CCCP1C2. The third kappa shape index (κ3) is 1.03. The second-order valence-electron chi connectivity index (χ2n) is 3.59. The molecule has 0 spiro atoms. The van der Waals surface area contributed by atoms with Crippen LogP contribution in [0, 0.1) is 5.92 Å². The Bertz CT molecular complexity index is 109. The molecule has 9 heavy (non-hydrogen) atoms. The van der Waals surface area contributed by atoms with Gasteiger partial charge in [-0.1, -0.05) is 6.92 Å². The van der Waals surface area contributed by atoms with Crippen molar-refractivity contribution < 1.29 is 0 Å². The second-order valence-corrected chi connectivity index (χ2v) is 6.46. The van der Waals surface area contributed by atoms with Crippen molar-refractivity contribution in [2.75, 3.05) is 12.3 Å². The molecule has 2 heterocycles. The zero-order valence-electron chi connectivity index (χ0n) is 6.14. The van der Waals surface area contributed by atoms with E-state index in [0.717, 1.165) is 5.66 Å². The maximum Gasteiger partial charge on any atom is -0.0235 e. The fourth-order valence-corrected chi connectivity index (χ4v) is 5.48. The summed E-state index contributed by atoms with van der Waals surface area (Å²) in [7, 11) is 0.543. The summed E-state index contributed by atoms with van der Waals surface area (Å²) in [6, 6.07) is 0. The molecule has 2 rings (SSSR count). The fraction of sp³-hybridized carbons (Fsp3) is 1.00. The molecule has 0 radical (unpaired) electrons. The standard InChI is InChI=1S/C8H15P/c1-7-5-8-3-2-4-9(7)6-8/h7-8H,2-6H2,1H3. The van der Waals surface area contributed by atoms with E-state index in [1.54, 1.807) is 31.6 Å². The maximum atomic E-state index is 2.47. The van der Waals surface area contributed by atoms with Gasteiger partial charge < -0.3 is 0 Å². The van der Waals surface area contributed by atoms with Crippen molar-refractivity contribution in [1.29, 1.82) is 0 Å². The first kappa shape index (κ1) is 6.16. The third-order valence-electron chi connectivity index (χ3n) is 2.85. The molecule has 2 saturated heterocycles. The minimum absolute atomic E-state index is 0.543. The van der Waals surface area contributed by atoms with Crippen LogP contribution in [0.4, 0.5) is 0 Å². The van der Waals surface area contributed by atoms with Gasteiger partial charge in [-0.2, -0.15) is 0 Å². The van der Waals surface area contributed by atoms with Gasteiger partial charge in [0.1, 0.15) is 0 Å². The van der Waals surface area contributed by atoms with Crippen molar-refractivity contribution in [3.63, 3.8) is 0 Å². The number of hydrogen-bond acceptors (Lipinski definition) is 0. The van der Waals surface area contributed by atoms with Gasteiger partial charge in [-0.15, -0.1) is 7.92 Å². The lowest BCUT2D eigenvalue weighted by atomic mass is 10.0. The van der Waals surface area contributed by atoms with Crippen LogP contribution in [0.15, 0.2) is 0 Å². The van der Waals surface area contributed by atoms with E-state index in [2.05, 4.69) is 6.92 Å². The van der Waals surface area contributed by atoms with Crippen molar-refractivity contribution in [1.82, 2.24) is 0 Å². The Kier molecular flexibility index (Phi) is 1.53. The largest absolute Gasteiger partial charge is 0.104 e. The molecule has 2 aliphatic heterocycles. The Labute approximate surface area is 58.8 Å². The van der Waals surface area contributed by atoms with Gasteiger partial charge in [-0.3, -0.25) is 0 Å². The summed E-state index contributed by atoms with van der Waals surface area (Å²) in [6.45, 7) is 2.47. The monoisotopic (exact) mass is 142 g/mol. The molecule has 3 atom stereocenters. The molecule has 0 saturated carbocycles. The zero-order chi connectivity index (χ0) is 6.27. The summed E-state index contributed by atoms with van der Waals surface area (Å²) in [5.74, 6) is 1.17. The van der Waals surface area contributed by atoms with Gasteiger partial charge in [0.2, 0.25) is 0 Å². The van der Waals surface area contributed by atoms with Gasteiger partial charge in [0.05, 0.1) is 0 Å². The molecule has 1 heteroatoms. The molecule has 0 aromatic heterocycles. The van der Waals surface area contributed by atoms with Crippen LogP contribution in [0.1, 0.15) is 26.2 Å². The predicted octanol–water partition coefficient (Wildman–Crippen LogP) is 2.67. The maximum absolute atomic E-state index is 2.47. The Morgan fingerprint density at radius 1 is 1.44 bits per heavy atom. The highest BCUT2D eigenvalue weighted by Gasteiger charge is 2.33. The van der Waals surface area contributed by atoms with E-state index in [1.165, 1.54) is 5.92 Å². The average molecular weight is 142 g/mol. The van der Waals surface area contributed by atoms with Gasteiger partial charge in [-0.05, 0) is 43.2 Å². The molecule has 2 bridgehead atoms. The quantitative estimate of drug-likeness (QED) is 0.456. The number of fused-ring (bicyclic) bond motifs is 2. The number of rotatable bonds is 0. The van der Waals surface area contributed by atoms with Gasteiger partial charge in [0.15, 0.2) is 0 Å². The van der Waals surface area contributed by atoms with E-state index in [0.29, 0.717) is 7.92 Å². The van der Waals surface area contributed by atoms with E-state index in [4.69, 9.17) is 0 Å². The van der Waals surface area contributed by atoms with Crippen LogP contribution in [0.5, 0.6) is 0 Å². The zero-order valence-corrected chi connectivity index (χ0v) is 7.03. The van der Waals surface area contributed by atoms with Crippen molar-refractivity contribution >= 4 is 7.92 Å². The molecule has 0 aromatic carbocycles. The van der Waals surface area contributed by atoms with E-state index < -0.39 is 0 Å². The molecule has 52 valence electrons. The Hall–Kier alpha value is 0.430. The first-order valence-electron chi connectivity index (χ1n) is 4.10. The average Bonchev–Trinajstić information content (AvgIpc) is 2.09. The van der Waals surface area contributed by atoms with Gasteiger partial charge in [-0.25, -0.2) is 0 Å². The van der Waals surface area contributed by atoms with Gasteiger partial charge >= 0.3 is 0 Å². The fourth-order valence-electron chi connectivity index (χ4n) is 2.32. The van der Waals surface area contributed by atoms with Crippen LogP contribution in [-0.4, -0.2) is 18.0 Å². The van der Waals surface area contributed by atoms with Crippen LogP contribution >= 0.6 is 7.92 Å². The van der Waals surface area contributed by atoms with Crippen molar-refractivity contribution in [2.45, 2.75) is 31.8 Å². The van der Waals surface area contributed by atoms with Gasteiger partial charge in [0, 0.05) is 0 Å². The van der Waals surface area contributed by atoms with E-state index in [-0.39, 0.29) is 0 Å². The van der Waals surface area contributed by atoms with Crippen molar-refractivity contribution in [2.24, 2.45) is 5.92 Å². The van der Waals surface area contributed by atoms with Crippen molar-refractivity contribution in [3.05, 3.63) is 0 Å². The first-order valence-corrected chi connectivity index (χ1v) is 5.88. The van der Waals surface area contributed by atoms with Crippen LogP contribution in [0.25, 0.3) is 0 Å². The molecule has 0 nitrogen and oxygen atoms in total. The molecule has 0 amide bonds. The van der Waals surface area contributed by atoms with E-state index in [1.807, 2.05) is 0 Å². The Morgan fingerprint density at radius 3 is 3.00 bits per heavy atom. The highest BCUT2D eigenvalue weighted by Crippen LogP contribution is 2.56. The molecule has 3 unspecified atom stereocenters. The summed E-state index contributed by atoms with van der Waals surface area (Å²) < 4.78 is 0. The molecular weight excluding hydrogens is 127 g/mol. The van der Waals surface area contributed by atoms with Crippen molar-refractivity contribution in [3.8, 4) is 0 Å². The minimum atomic E-state index is 0.543. The first-order chi connectivity index (χ1) is 4.36. The van der Waals surface area contributed by atoms with Crippen LogP contribution in [0.2, 0.25) is 0 Å². The van der Waals surface area contributed by atoms with Gasteiger partial charge in [0.25, 0.3) is 0 Å². The molecular formula is C8H15P. The second kappa shape index (κ2) is 2.23. The smallest absolute Gasteiger partial charge is 0.0235 e. The normalized spacial score (nSPS) is 49.7. The lowest BCUT2D eigenvalue weighted by molar-refractivity contribution is 0.516. The summed E-state index contributed by atoms with van der Waals surface area (Å²) >= 11 is 0. The summed E-state index contributed by atoms with van der Waals surface area (Å²) in [4.78, 5) is 0. The topological polar surface area (TPSA) is 0 Å². The molecule has 0 N–H and O–H groups in total. The summed E-state index contributed by atoms with van der Waals surface area (Å²) in [5, 5.41) is 0. The highest BCUT2D eigenvalue weighted by atomic mass is 31.1. The third-order valence-corrected chi connectivity index (χ3v) is 6.18. The van der Waals surface area contributed by atoms with Crippen LogP contribution in [0.3, 0.4) is 0 Å². The Balaban J connectivity index is 2.07. The molecule has 2 fully saturated rings. The molecule has 2 aliphatic rings. The molecule has 0 aliphatic carbocycles. The minimum Gasteiger partial charge on any atom is -0.104 e. The Morgan fingerprint density at radius 2 is 2.33 bits per heavy atom. The van der Waals surface area contributed by atoms with E-state index in [9.17, 15) is 0 Å². The summed E-state index contributed by atoms with van der Waals surface area (Å²) in [5.41, 5.74) is 1.13. The highest BCUT2D eigenvalue weighted by molar-refractivity contribution is 7.58. The predicted molar refractivity (Wildman–Crippen MR) is 43.5 cm³/mol. The van der Waals surface area contributed by atoms with E-state index >= 15 is 0 Å². The van der Waals surface area contributed by atoms with Crippen LogP contribution in [-0.2, 0) is 0 Å². The van der Waals surface area contributed by atoms with Crippen LogP contribution < -0.4 is 0 Å². The lowest BCUT2D eigenvalue weighted by Gasteiger charge is -2.19. The molecule has 0 aromatic rings.